The van der Waals surface area contributed by atoms with Gasteiger partial charge in [0.15, 0.2) is 0 Å². The first kappa shape index (κ1) is 16.5. The highest BCUT2D eigenvalue weighted by molar-refractivity contribution is 5.71. The van der Waals surface area contributed by atoms with Gasteiger partial charge in [-0.3, -0.25) is 9.69 Å². The van der Waals surface area contributed by atoms with E-state index < -0.39 is 5.97 Å². The maximum Gasteiger partial charge on any atom is 0.308 e. The number of carboxylic acids is 1. The lowest BCUT2D eigenvalue weighted by Crippen LogP contribution is -2.51. The Morgan fingerprint density at radius 1 is 1.21 bits per heavy atom. The van der Waals surface area contributed by atoms with E-state index in [-0.39, 0.29) is 12.0 Å². The van der Waals surface area contributed by atoms with E-state index in [0.29, 0.717) is 12.0 Å². The van der Waals surface area contributed by atoms with Gasteiger partial charge in [-0.15, -0.1) is 0 Å². The summed E-state index contributed by atoms with van der Waals surface area (Å²) in [4.78, 5) is 14.0. The second-order valence-electron chi connectivity index (χ2n) is 6.36. The van der Waals surface area contributed by atoms with Gasteiger partial charge < -0.3 is 5.11 Å². The third-order valence-electron chi connectivity index (χ3n) is 4.46. The standard InChI is InChI=1S/C16H31NO2/c1-5-13(6-2)17(11-12(3)4)15-10-8-7-9-14(15)16(18)19/h12-15H,5-11H2,1-4H3,(H,18,19). The first-order chi connectivity index (χ1) is 9.01. The lowest BCUT2D eigenvalue weighted by Gasteiger charge is -2.43. The maximum absolute atomic E-state index is 11.5. The summed E-state index contributed by atoms with van der Waals surface area (Å²) in [6.07, 6.45) is 6.40. The minimum Gasteiger partial charge on any atom is -0.481 e. The Hall–Kier alpha value is -0.570. The Morgan fingerprint density at radius 2 is 1.79 bits per heavy atom. The minimum absolute atomic E-state index is 0.159. The molecule has 19 heavy (non-hydrogen) atoms. The molecule has 0 spiro atoms. The fourth-order valence-electron chi connectivity index (χ4n) is 3.53. The molecule has 3 nitrogen and oxygen atoms in total. The fraction of sp³-hybridized carbons (Fsp3) is 0.938. The van der Waals surface area contributed by atoms with Crippen LogP contribution in [0.4, 0.5) is 0 Å². The highest BCUT2D eigenvalue weighted by Crippen LogP contribution is 2.31. The van der Waals surface area contributed by atoms with Crippen LogP contribution >= 0.6 is 0 Å². The lowest BCUT2D eigenvalue weighted by molar-refractivity contribution is -0.146. The highest BCUT2D eigenvalue weighted by Gasteiger charge is 2.36. The van der Waals surface area contributed by atoms with Crippen LogP contribution in [-0.4, -0.2) is 34.6 Å². The number of carboxylic acid groups (broad SMARTS) is 1. The molecule has 0 aromatic rings. The number of hydrogen-bond donors (Lipinski definition) is 1. The first-order valence-corrected chi connectivity index (χ1v) is 7.99. The zero-order valence-electron chi connectivity index (χ0n) is 13.1. The summed E-state index contributed by atoms with van der Waals surface area (Å²) >= 11 is 0. The predicted molar refractivity (Wildman–Crippen MR) is 79.3 cm³/mol. The molecule has 1 aliphatic rings. The number of hydrogen-bond acceptors (Lipinski definition) is 2. The van der Waals surface area contributed by atoms with E-state index >= 15 is 0 Å². The molecule has 1 rings (SSSR count). The van der Waals surface area contributed by atoms with Crippen molar-refractivity contribution < 1.29 is 9.90 Å². The largest absolute Gasteiger partial charge is 0.481 e. The smallest absolute Gasteiger partial charge is 0.308 e. The zero-order valence-corrected chi connectivity index (χ0v) is 13.1. The van der Waals surface area contributed by atoms with Gasteiger partial charge in [0.05, 0.1) is 5.92 Å². The van der Waals surface area contributed by atoms with E-state index in [1.165, 1.54) is 6.42 Å². The van der Waals surface area contributed by atoms with Crippen molar-refractivity contribution in [3.8, 4) is 0 Å². The topological polar surface area (TPSA) is 40.5 Å². The third-order valence-corrected chi connectivity index (χ3v) is 4.46. The average Bonchev–Trinajstić information content (AvgIpc) is 2.38. The average molecular weight is 269 g/mol. The van der Waals surface area contributed by atoms with Gasteiger partial charge in [-0.2, -0.15) is 0 Å². The summed E-state index contributed by atoms with van der Waals surface area (Å²) in [5.74, 6) is -0.158. The van der Waals surface area contributed by atoms with E-state index in [2.05, 4.69) is 32.6 Å². The predicted octanol–water partition coefficient (Wildman–Crippen LogP) is 3.78. The highest BCUT2D eigenvalue weighted by atomic mass is 16.4. The molecule has 0 aromatic carbocycles. The van der Waals surface area contributed by atoms with Gasteiger partial charge in [-0.05, 0) is 31.6 Å². The van der Waals surface area contributed by atoms with Gasteiger partial charge in [-0.25, -0.2) is 0 Å². The summed E-state index contributed by atoms with van der Waals surface area (Å²) in [7, 11) is 0. The van der Waals surface area contributed by atoms with Crippen LogP contribution < -0.4 is 0 Å². The van der Waals surface area contributed by atoms with E-state index in [1.54, 1.807) is 0 Å². The molecule has 0 bridgehead atoms. The van der Waals surface area contributed by atoms with E-state index in [9.17, 15) is 9.90 Å². The number of aliphatic carboxylic acids is 1. The Kier molecular flexibility index (Phi) is 6.84. The van der Waals surface area contributed by atoms with Crippen molar-refractivity contribution in [2.45, 2.75) is 78.3 Å². The molecule has 112 valence electrons. The summed E-state index contributed by atoms with van der Waals surface area (Å²) < 4.78 is 0. The molecule has 2 unspecified atom stereocenters. The van der Waals surface area contributed by atoms with Gasteiger partial charge >= 0.3 is 5.97 Å². The van der Waals surface area contributed by atoms with Crippen molar-refractivity contribution in [3.05, 3.63) is 0 Å². The van der Waals surface area contributed by atoms with Crippen molar-refractivity contribution in [3.63, 3.8) is 0 Å². The molecule has 2 atom stereocenters. The first-order valence-electron chi connectivity index (χ1n) is 7.99. The van der Waals surface area contributed by atoms with Crippen LogP contribution in [0.5, 0.6) is 0 Å². The molecule has 1 N–H and O–H groups in total. The molecule has 3 heteroatoms. The molecular formula is C16H31NO2. The van der Waals surface area contributed by atoms with E-state index in [4.69, 9.17) is 0 Å². The van der Waals surface area contributed by atoms with Crippen molar-refractivity contribution in [1.29, 1.82) is 0 Å². The number of nitrogens with zero attached hydrogens (tertiary/aromatic N) is 1. The van der Waals surface area contributed by atoms with Crippen LogP contribution in [0.1, 0.15) is 66.2 Å². The van der Waals surface area contributed by atoms with Crippen molar-refractivity contribution in [1.82, 2.24) is 4.90 Å². The van der Waals surface area contributed by atoms with Gasteiger partial charge in [0.2, 0.25) is 0 Å². The Bertz CT molecular complexity index is 274. The zero-order chi connectivity index (χ0) is 14.4. The molecule has 1 saturated carbocycles. The van der Waals surface area contributed by atoms with Gasteiger partial charge in [0.25, 0.3) is 0 Å². The Labute approximate surface area is 118 Å². The molecule has 0 saturated heterocycles. The molecule has 1 fully saturated rings. The van der Waals surface area contributed by atoms with Crippen LogP contribution in [0, 0.1) is 11.8 Å². The van der Waals surface area contributed by atoms with Gasteiger partial charge in [0.1, 0.15) is 0 Å². The maximum atomic E-state index is 11.5. The Morgan fingerprint density at radius 3 is 2.26 bits per heavy atom. The molecule has 0 aromatic heterocycles. The Balaban J connectivity index is 2.89. The van der Waals surface area contributed by atoms with Crippen molar-refractivity contribution in [2.24, 2.45) is 11.8 Å². The third kappa shape index (κ3) is 4.48. The van der Waals surface area contributed by atoms with E-state index in [1.807, 2.05) is 0 Å². The second-order valence-corrected chi connectivity index (χ2v) is 6.36. The van der Waals surface area contributed by atoms with Crippen LogP contribution in [-0.2, 0) is 4.79 Å². The summed E-state index contributed by atoms with van der Waals surface area (Å²) in [5.41, 5.74) is 0. The monoisotopic (exact) mass is 269 g/mol. The normalized spacial score (nSPS) is 24.4. The molecular weight excluding hydrogens is 238 g/mol. The van der Waals surface area contributed by atoms with Crippen molar-refractivity contribution in [2.75, 3.05) is 6.54 Å². The second kappa shape index (κ2) is 7.88. The van der Waals surface area contributed by atoms with Crippen LogP contribution in [0.15, 0.2) is 0 Å². The molecule has 0 amide bonds. The lowest BCUT2D eigenvalue weighted by atomic mass is 9.82. The summed E-state index contributed by atoms with van der Waals surface area (Å²) in [5, 5.41) is 9.49. The minimum atomic E-state index is -0.593. The summed E-state index contributed by atoms with van der Waals surface area (Å²) in [6.45, 7) is 9.93. The number of rotatable bonds is 7. The summed E-state index contributed by atoms with van der Waals surface area (Å²) in [6, 6.07) is 0.783. The van der Waals surface area contributed by atoms with Crippen LogP contribution in [0.3, 0.4) is 0 Å². The quantitative estimate of drug-likeness (QED) is 0.764. The van der Waals surface area contributed by atoms with Crippen molar-refractivity contribution >= 4 is 5.97 Å². The van der Waals surface area contributed by atoms with E-state index in [0.717, 1.165) is 38.6 Å². The fourth-order valence-corrected chi connectivity index (χ4v) is 3.53. The van der Waals surface area contributed by atoms with Crippen LogP contribution in [0.25, 0.3) is 0 Å². The molecule has 1 aliphatic carbocycles. The number of carbonyl (C=O) groups is 1. The van der Waals surface area contributed by atoms with Gasteiger partial charge in [0, 0.05) is 18.6 Å². The van der Waals surface area contributed by atoms with Gasteiger partial charge in [-0.1, -0.05) is 40.5 Å². The SMILES string of the molecule is CCC(CC)N(CC(C)C)C1CCCCC1C(=O)O. The molecule has 0 heterocycles. The molecule has 0 radical (unpaired) electrons. The molecule has 0 aliphatic heterocycles. The van der Waals surface area contributed by atoms with Crippen LogP contribution in [0.2, 0.25) is 0 Å².